The maximum atomic E-state index is 11.0. The van der Waals surface area contributed by atoms with Crippen LogP contribution in [0.5, 0.6) is 0 Å². The van der Waals surface area contributed by atoms with Crippen molar-refractivity contribution in [2.45, 2.75) is 6.92 Å². The highest BCUT2D eigenvalue weighted by atomic mass is 35.5. The van der Waals surface area contributed by atoms with E-state index in [2.05, 4.69) is 4.98 Å². The first kappa shape index (κ1) is 9.93. The quantitative estimate of drug-likeness (QED) is 0.750. The van der Waals surface area contributed by atoms with Crippen LogP contribution in [0.25, 0.3) is 10.9 Å². The lowest BCUT2D eigenvalue weighted by molar-refractivity contribution is 0.100. The van der Waals surface area contributed by atoms with Crippen molar-refractivity contribution in [3.8, 4) is 0 Å². The molecular formula is C11H9ClN2O. The van der Waals surface area contributed by atoms with Crippen LogP contribution in [0.3, 0.4) is 0 Å². The van der Waals surface area contributed by atoms with E-state index in [1.165, 1.54) is 0 Å². The molecule has 0 bridgehead atoms. The zero-order chi connectivity index (χ0) is 11.0. The number of primary amides is 1. The highest BCUT2D eigenvalue weighted by Gasteiger charge is 2.09. The zero-order valence-corrected chi connectivity index (χ0v) is 8.88. The molecule has 2 rings (SSSR count). The van der Waals surface area contributed by atoms with Crippen molar-refractivity contribution in [3.63, 3.8) is 0 Å². The van der Waals surface area contributed by atoms with Crippen LogP contribution in [0.1, 0.15) is 15.9 Å². The lowest BCUT2D eigenvalue weighted by Crippen LogP contribution is -2.12. The van der Waals surface area contributed by atoms with Crippen LogP contribution in [0, 0.1) is 6.92 Å². The van der Waals surface area contributed by atoms with Gasteiger partial charge in [-0.1, -0.05) is 23.7 Å². The van der Waals surface area contributed by atoms with E-state index in [0.717, 1.165) is 16.5 Å². The number of carbonyl (C=O) groups is 1. The van der Waals surface area contributed by atoms with Crippen LogP contribution in [0.2, 0.25) is 5.15 Å². The van der Waals surface area contributed by atoms with Gasteiger partial charge in [0.25, 0.3) is 5.91 Å². The number of hydrogen-bond acceptors (Lipinski definition) is 2. The predicted octanol–water partition coefficient (Wildman–Crippen LogP) is 2.30. The van der Waals surface area contributed by atoms with Gasteiger partial charge in [-0.2, -0.15) is 0 Å². The minimum absolute atomic E-state index is 0.153. The first-order valence-corrected chi connectivity index (χ1v) is 4.82. The third-order valence-electron chi connectivity index (χ3n) is 2.19. The number of hydrogen-bond donors (Lipinski definition) is 1. The van der Waals surface area contributed by atoms with Crippen molar-refractivity contribution < 1.29 is 4.79 Å². The van der Waals surface area contributed by atoms with Crippen molar-refractivity contribution in [3.05, 3.63) is 40.5 Å². The smallest absolute Gasteiger partial charge is 0.251 e. The van der Waals surface area contributed by atoms with Gasteiger partial charge in [0, 0.05) is 5.39 Å². The Balaban J connectivity index is 2.76. The summed E-state index contributed by atoms with van der Waals surface area (Å²) in [5.74, 6) is -0.560. The van der Waals surface area contributed by atoms with E-state index in [4.69, 9.17) is 17.3 Å². The molecule has 0 saturated carbocycles. The van der Waals surface area contributed by atoms with Gasteiger partial charge in [0.1, 0.15) is 5.15 Å². The first-order valence-electron chi connectivity index (χ1n) is 4.44. The van der Waals surface area contributed by atoms with Gasteiger partial charge < -0.3 is 5.73 Å². The molecule has 0 atom stereocenters. The van der Waals surface area contributed by atoms with E-state index < -0.39 is 5.91 Å². The Morgan fingerprint density at radius 1 is 1.40 bits per heavy atom. The van der Waals surface area contributed by atoms with Gasteiger partial charge in [-0.3, -0.25) is 4.79 Å². The molecule has 0 aliphatic rings. The highest BCUT2D eigenvalue weighted by Crippen LogP contribution is 2.20. The largest absolute Gasteiger partial charge is 0.366 e. The Morgan fingerprint density at radius 3 is 2.80 bits per heavy atom. The summed E-state index contributed by atoms with van der Waals surface area (Å²) < 4.78 is 0. The first-order chi connectivity index (χ1) is 7.08. The van der Waals surface area contributed by atoms with E-state index in [9.17, 15) is 4.79 Å². The van der Waals surface area contributed by atoms with E-state index in [-0.39, 0.29) is 10.7 Å². The Hall–Kier alpha value is -1.61. The number of aromatic nitrogens is 1. The van der Waals surface area contributed by atoms with Crippen molar-refractivity contribution >= 4 is 28.4 Å². The van der Waals surface area contributed by atoms with Gasteiger partial charge in [-0.15, -0.1) is 0 Å². The molecule has 0 unspecified atom stereocenters. The Labute approximate surface area is 91.9 Å². The molecule has 1 aromatic heterocycles. The molecule has 4 heteroatoms. The zero-order valence-electron chi connectivity index (χ0n) is 8.12. The van der Waals surface area contributed by atoms with Crippen LogP contribution in [-0.4, -0.2) is 10.9 Å². The summed E-state index contributed by atoms with van der Waals surface area (Å²) in [4.78, 5) is 15.2. The second-order valence-corrected chi connectivity index (χ2v) is 3.75. The van der Waals surface area contributed by atoms with Gasteiger partial charge in [0.15, 0.2) is 0 Å². The summed E-state index contributed by atoms with van der Waals surface area (Å²) in [5.41, 5.74) is 7.29. The molecule has 2 N–H and O–H groups in total. The van der Waals surface area contributed by atoms with E-state index in [1.807, 2.05) is 25.1 Å². The van der Waals surface area contributed by atoms with E-state index in [0.29, 0.717) is 0 Å². The van der Waals surface area contributed by atoms with Gasteiger partial charge >= 0.3 is 0 Å². The molecule has 0 radical (unpaired) electrons. The Morgan fingerprint density at radius 2 is 2.13 bits per heavy atom. The standard InChI is InChI=1S/C11H9ClN2O/c1-6-2-3-7-5-8(11(13)15)10(12)14-9(7)4-6/h2-5H,1H3,(H2,13,15). The van der Waals surface area contributed by atoms with Crippen molar-refractivity contribution in [1.29, 1.82) is 0 Å². The number of carbonyl (C=O) groups excluding carboxylic acids is 1. The lowest BCUT2D eigenvalue weighted by Gasteiger charge is -2.03. The molecule has 0 aliphatic heterocycles. The fourth-order valence-corrected chi connectivity index (χ4v) is 1.67. The predicted molar refractivity (Wildman–Crippen MR) is 60.0 cm³/mol. The summed E-state index contributed by atoms with van der Waals surface area (Å²) in [6, 6.07) is 7.40. The van der Waals surface area contributed by atoms with Gasteiger partial charge in [0.2, 0.25) is 0 Å². The highest BCUT2D eigenvalue weighted by molar-refractivity contribution is 6.33. The number of amides is 1. The number of halogens is 1. The van der Waals surface area contributed by atoms with Crippen LogP contribution in [-0.2, 0) is 0 Å². The van der Waals surface area contributed by atoms with Crippen LogP contribution in [0.15, 0.2) is 24.3 Å². The molecule has 1 heterocycles. The summed E-state index contributed by atoms with van der Waals surface area (Å²) in [6.45, 7) is 1.97. The second-order valence-electron chi connectivity index (χ2n) is 3.39. The number of nitrogens with zero attached hydrogens (tertiary/aromatic N) is 1. The number of fused-ring (bicyclic) bond motifs is 1. The topological polar surface area (TPSA) is 56.0 Å². The molecule has 3 nitrogen and oxygen atoms in total. The average Bonchev–Trinajstić information content (AvgIpc) is 2.15. The summed E-state index contributed by atoms with van der Waals surface area (Å²) in [7, 11) is 0. The Bertz CT molecular complexity index is 552. The molecule has 0 spiro atoms. The Kier molecular flexibility index (Phi) is 2.32. The molecule has 1 amide bonds. The molecule has 0 saturated heterocycles. The second kappa shape index (κ2) is 3.51. The molecule has 0 fully saturated rings. The summed E-state index contributed by atoms with van der Waals surface area (Å²) >= 11 is 5.84. The van der Waals surface area contributed by atoms with Crippen LogP contribution >= 0.6 is 11.6 Å². The maximum Gasteiger partial charge on any atom is 0.251 e. The number of pyridine rings is 1. The average molecular weight is 221 g/mol. The van der Waals surface area contributed by atoms with Crippen molar-refractivity contribution in [2.75, 3.05) is 0 Å². The molecule has 0 aliphatic carbocycles. The van der Waals surface area contributed by atoms with E-state index in [1.54, 1.807) is 6.07 Å². The minimum atomic E-state index is -0.560. The fourth-order valence-electron chi connectivity index (χ4n) is 1.43. The third-order valence-corrected chi connectivity index (χ3v) is 2.48. The lowest BCUT2D eigenvalue weighted by atomic mass is 10.1. The molecule has 76 valence electrons. The van der Waals surface area contributed by atoms with Crippen LogP contribution < -0.4 is 5.73 Å². The number of aryl methyl sites for hydroxylation is 1. The SMILES string of the molecule is Cc1ccc2cc(C(N)=O)c(Cl)nc2c1. The van der Waals surface area contributed by atoms with Crippen molar-refractivity contribution in [2.24, 2.45) is 5.73 Å². The number of rotatable bonds is 1. The van der Waals surface area contributed by atoms with Gasteiger partial charge in [0.05, 0.1) is 11.1 Å². The fraction of sp³-hybridized carbons (Fsp3) is 0.0909. The normalized spacial score (nSPS) is 10.5. The number of benzene rings is 1. The monoisotopic (exact) mass is 220 g/mol. The molecule has 15 heavy (non-hydrogen) atoms. The van der Waals surface area contributed by atoms with Crippen LogP contribution in [0.4, 0.5) is 0 Å². The van der Waals surface area contributed by atoms with Gasteiger partial charge in [-0.05, 0) is 24.6 Å². The molecule has 1 aromatic carbocycles. The van der Waals surface area contributed by atoms with Gasteiger partial charge in [-0.25, -0.2) is 4.98 Å². The molecular weight excluding hydrogens is 212 g/mol. The molecule has 2 aromatic rings. The summed E-state index contributed by atoms with van der Waals surface area (Å²) in [6.07, 6.45) is 0. The summed E-state index contributed by atoms with van der Waals surface area (Å²) in [5, 5.41) is 1.01. The third kappa shape index (κ3) is 1.78. The minimum Gasteiger partial charge on any atom is -0.366 e. The van der Waals surface area contributed by atoms with E-state index >= 15 is 0 Å². The number of nitrogens with two attached hydrogens (primary N) is 1. The van der Waals surface area contributed by atoms with Crippen molar-refractivity contribution in [1.82, 2.24) is 4.98 Å². The maximum absolute atomic E-state index is 11.0.